The van der Waals surface area contributed by atoms with Crippen LogP contribution in [0.25, 0.3) is 5.69 Å². The first kappa shape index (κ1) is 17.6. The monoisotopic (exact) mass is 369 g/mol. The van der Waals surface area contributed by atoms with Crippen molar-refractivity contribution in [2.75, 3.05) is 0 Å². The second-order valence-corrected chi connectivity index (χ2v) is 6.46. The molecule has 3 rings (SSSR count). The second kappa shape index (κ2) is 7.75. The van der Waals surface area contributed by atoms with E-state index in [1.54, 1.807) is 17.5 Å². The molecule has 7 nitrogen and oxygen atoms in total. The molecule has 132 valence electrons. The summed E-state index contributed by atoms with van der Waals surface area (Å²) >= 11 is 1.32. The van der Waals surface area contributed by atoms with E-state index in [1.807, 2.05) is 30.3 Å². The van der Waals surface area contributed by atoms with E-state index < -0.39 is 23.7 Å². The molecule has 0 aliphatic rings. The molecule has 1 amide bonds. The zero-order valence-corrected chi connectivity index (χ0v) is 14.3. The van der Waals surface area contributed by atoms with Crippen LogP contribution < -0.4 is 5.32 Å². The molecule has 1 aromatic carbocycles. The van der Waals surface area contributed by atoms with Gasteiger partial charge in [-0.15, -0.1) is 11.3 Å². The van der Waals surface area contributed by atoms with Crippen LogP contribution >= 0.6 is 11.3 Å². The van der Waals surface area contributed by atoms with E-state index in [4.69, 9.17) is 5.11 Å². The number of aromatic nitrogens is 2. The number of benzene rings is 1. The Morgan fingerprint density at radius 3 is 2.58 bits per heavy atom. The Bertz CT molecular complexity index is 919. The third-order valence-corrected chi connectivity index (χ3v) is 4.63. The number of Topliss-reactive ketones (excluding diaryl/α,β-unsaturated/α-hetero) is 1. The van der Waals surface area contributed by atoms with Gasteiger partial charge in [-0.1, -0.05) is 24.3 Å². The Balaban J connectivity index is 1.74. The molecule has 0 aliphatic heterocycles. The van der Waals surface area contributed by atoms with Crippen LogP contribution in [-0.2, 0) is 9.59 Å². The van der Waals surface area contributed by atoms with E-state index in [0.29, 0.717) is 4.88 Å². The third kappa shape index (κ3) is 4.04. The quantitative estimate of drug-likeness (QED) is 0.492. The van der Waals surface area contributed by atoms with Crippen LogP contribution in [0.5, 0.6) is 0 Å². The van der Waals surface area contributed by atoms with Crippen molar-refractivity contribution in [1.82, 2.24) is 15.1 Å². The van der Waals surface area contributed by atoms with E-state index >= 15 is 0 Å². The summed E-state index contributed by atoms with van der Waals surface area (Å²) in [7, 11) is 0. The molecule has 0 fully saturated rings. The van der Waals surface area contributed by atoms with E-state index in [-0.39, 0.29) is 12.0 Å². The Morgan fingerprint density at radius 1 is 1.15 bits per heavy atom. The molecule has 0 aliphatic carbocycles. The minimum absolute atomic E-state index is 0.131. The first-order valence-corrected chi connectivity index (χ1v) is 8.63. The number of carboxylic acid groups (broad SMARTS) is 1. The standard InChI is InChI=1S/C18H15N3O4S/c22-16(23)9-14(15-7-4-8-26-15)20-18(25)17(24)12-10-19-21(11-12)13-5-2-1-3-6-13/h1-8,10-11,14H,9H2,(H,20,25)(H,22,23). The number of rotatable bonds is 7. The van der Waals surface area contributed by atoms with Crippen LogP contribution in [0.15, 0.2) is 60.2 Å². The topological polar surface area (TPSA) is 101 Å². The largest absolute Gasteiger partial charge is 0.481 e. The van der Waals surface area contributed by atoms with E-state index in [0.717, 1.165) is 5.69 Å². The maximum Gasteiger partial charge on any atom is 0.305 e. The number of amides is 1. The minimum Gasteiger partial charge on any atom is -0.481 e. The molecule has 8 heteroatoms. The van der Waals surface area contributed by atoms with Crippen molar-refractivity contribution in [3.05, 3.63) is 70.7 Å². The van der Waals surface area contributed by atoms with Crippen molar-refractivity contribution in [3.63, 3.8) is 0 Å². The van der Waals surface area contributed by atoms with Crippen LogP contribution in [0.2, 0.25) is 0 Å². The van der Waals surface area contributed by atoms with Crippen molar-refractivity contribution in [2.24, 2.45) is 0 Å². The minimum atomic E-state index is -1.06. The van der Waals surface area contributed by atoms with Gasteiger partial charge in [0.1, 0.15) is 0 Å². The predicted molar refractivity (Wildman–Crippen MR) is 95.4 cm³/mol. The molecule has 26 heavy (non-hydrogen) atoms. The number of ketones is 1. The molecule has 1 atom stereocenters. The van der Waals surface area contributed by atoms with Gasteiger partial charge in [0.2, 0.25) is 0 Å². The van der Waals surface area contributed by atoms with Gasteiger partial charge in [0.25, 0.3) is 11.7 Å². The second-order valence-electron chi connectivity index (χ2n) is 5.48. The van der Waals surface area contributed by atoms with Gasteiger partial charge in [0.05, 0.1) is 29.9 Å². The van der Waals surface area contributed by atoms with Gasteiger partial charge in [-0.05, 0) is 23.6 Å². The summed E-state index contributed by atoms with van der Waals surface area (Å²) in [6, 6.07) is 11.9. The molecule has 0 saturated carbocycles. The smallest absolute Gasteiger partial charge is 0.305 e. The number of nitrogens with zero attached hydrogens (tertiary/aromatic N) is 2. The molecule has 2 aromatic heterocycles. The lowest BCUT2D eigenvalue weighted by atomic mass is 10.1. The fourth-order valence-electron chi connectivity index (χ4n) is 2.40. The predicted octanol–water partition coefficient (Wildman–Crippen LogP) is 2.45. The third-order valence-electron chi connectivity index (χ3n) is 3.64. The zero-order valence-electron chi connectivity index (χ0n) is 13.5. The number of hydrogen-bond acceptors (Lipinski definition) is 5. The van der Waals surface area contributed by atoms with Crippen LogP contribution in [0.3, 0.4) is 0 Å². The Morgan fingerprint density at radius 2 is 1.92 bits per heavy atom. The average Bonchev–Trinajstić information content (AvgIpc) is 3.32. The summed E-state index contributed by atoms with van der Waals surface area (Å²) in [6.07, 6.45) is 2.48. The highest BCUT2D eigenvalue weighted by atomic mass is 32.1. The maximum atomic E-state index is 12.4. The normalized spacial score (nSPS) is 11.7. The van der Waals surface area contributed by atoms with E-state index in [2.05, 4.69) is 10.4 Å². The van der Waals surface area contributed by atoms with Crippen LogP contribution in [0, 0.1) is 0 Å². The number of carbonyl (C=O) groups excluding carboxylic acids is 2. The molecule has 0 spiro atoms. The summed E-state index contributed by atoms with van der Waals surface area (Å²) in [6.45, 7) is 0. The van der Waals surface area contributed by atoms with Gasteiger partial charge in [-0.25, -0.2) is 4.68 Å². The van der Waals surface area contributed by atoms with E-state index in [1.165, 1.54) is 28.4 Å². The van der Waals surface area contributed by atoms with Crippen molar-refractivity contribution in [3.8, 4) is 5.69 Å². The first-order valence-electron chi connectivity index (χ1n) is 7.75. The van der Waals surface area contributed by atoms with E-state index in [9.17, 15) is 14.4 Å². The highest BCUT2D eigenvalue weighted by Crippen LogP contribution is 2.22. The lowest BCUT2D eigenvalue weighted by molar-refractivity contribution is -0.137. The summed E-state index contributed by atoms with van der Waals surface area (Å²) < 4.78 is 1.49. The van der Waals surface area contributed by atoms with Gasteiger partial charge >= 0.3 is 5.97 Å². The maximum absolute atomic E-state index is 12.4. The number of nitrogens with one attached hydrogen (secondary N) is 1. The molecule has 0 saturated heterocycles. The molecule has 2 N–H and O–H groups in total. The lowest BCUT2D eigenvalue weighted by Gasteiger charge is -2.14. The fourth-order valence-corrected chi connectivity index (χ4v) is 3.18. The Kier molecular flexibility index (Phi) is 5.23. The summed E-state index contributed by atoms with van der Waals surface area (Å²) in [5.74, 6) is -2.69. The lowest BCUT2D eigenvalue weighted by Crippen LogP contribution is -2.35. The van der Waals surface area contributed by atoms with Crippen LogP contribution in [0.1, 0.15) is 27.7 Å². The number of para-hydroxylation sites is 1. The summed E-state index contributed by atoms with van der Waals surface area (Å²) in [5.41, 5.74) is 0.890. The number of thiophene rings is 1. The molecule has 0 radical (unpaired) electrons. The molecular formula is C18H15N3O4S. The SMILES string of the molecule is O=C(O)CC(NC(=O)C(=O)c1cnn(-c2ccccc2)c1)c1cccs1. The van der Waals surface area contributed by atoms with Gasteiger partial charge in [-0.3, -0.25) is 14.4 Å². The Labute approximate surface area is 152 Å². The van der Waals surface area contributed by atoms with Crippen molar-refractivity contribution in [2.45, 2.75) is 12.5 Å². The number of aliphatic carboxylic acids is 1. The average molecular weight is 369 g/mol. The first-order chi connectivity index (χ1) is 12.5. The van der Waals surface area contributed by atoms with Crippen molar-refractivity contribution >= 4 is 29.0 Å². The molecule has 0 bridgehead atoms. The van der Waals surface area contributed by atoms with Gasteiger partial charge in [0.15, 0.2) is 0 Å². The molecule has 2 heterocycles. The zero-order chi connectivity index (χ0) is 18.5. The number of carboxylic acids is 1. The van der Waals surface area contributed by atoms with Gasteiger partial charge in [-0.2, -0.15) is 5.10 Å². The number of hydrogen-bond donors (Lipinski definition) is 2. The highest BCUT2D eigenvalue weighted by Gasteiger charge is 2.24. The number of carbonyl (C=O) groups is 3. The van der Waals surface area contributed by atoms with Gasteiger partial charge < -0.3 is 10.4 Å². The van der Waals surface area contributed by atoms with Crippen molar-refractivity contribution < 1.29 is 19.5 Å². The molecule has 1 unspecified atom stereocenters. The van der Waals surface area contributed by atoms with Crippen molar-refractivity contribution in [1.29, 1.82) is 0 Å². The van der Waals surface area contributed by atoms with Crippen LogP contribution in [0.4, 0.5) is 0 Å². The Hall–Kier alpha value is -3.26. The highest BCUT2D eigenvalue weighted by molar-refractivity contribution is 7.10. The molecule has 3 aromatic rings. The summed E-state index contributed by atoms with van der Waals surface area (Å²) in [5, 5.41) is 17.4. The van der Waals surface area contributed by atoms with Crippen LogP contribution in [-0.4, -0.2) is 32.5 Å². The molecular weight excluding hydrogens is 354 g/mol. The van der Waals surface area contributed by atoms with Gasteiger partial charge in [0, 0.05) is 11.1 Å². The fraction of sp³-hybridized carbons (Fsp3) is 0.111. The summed E-state index contributed by atoms with van der Waals surface area (Å²) in [4.78, 5) is 36.4.